The molecule has 34 heavy (non-hydrogen) atoms. The SMILES string of the molecule is CN(C)c1cc2nn(C3CCC(C)(O)CC3)cc2cc1NC(=O)c1ccc2ccccc2[n+]1[O-]. The Bertz CT molecular complexity index is 1380. The van der Waals surface area contributed by atoms with Gasteiger partial charge in [-0.15, -0.1) is 0 Å². The smallest absolute Gasteiger partial charge is 0.321 e. The summed E-state index contributed by atoms with van der Waals surface area (Å²) in [5, 5.41) is 32.5. The van der Waals surface area contributed by atoms with E-state index >= 15 is 0 Å². The van der Waals surface area contributed by atoms with Crippen molar-refractivity contribution in [1.29, 1.82) is 0 Å². The number of aromatic nitrogens is 3. The lowest BCUT2D eigenvalue weighted by molar-refractivity contribution is -0.579. The molecule has 8 nitrogen and oxygen atoms in total. The number of amides is 1. The third-order valence-electron chi connectivity index (χ3n) is 6.80. The second-order valence-electron chi connectivity index (χ2n) is 9.69. The van der Waals surface area contributed by atoms with Crippen LogP contribution in [0.1, 0.15) is 49.1 Å². The minimum absolute atomic E-state index is 0.0356. The van der Waals surface area contributed by atoms with Gasteiger partial charge in [0.15, 0.2) is 0 Å². The van der Waals surface area contributed by atoms with Crippen LogP contribution < -0.4 is 14.9 Å². The van der Waals surface area contributed by atoms with Gasteiger partial charge in [-0.3, -0.25) is 9.48 Å². The highest BCUT2D eigenvalue weighted by molar-refractivity contribution is 6.06. The Morgan fingerprint density at radius 3 is 2.65 bits per heavy atom. The zero-order chi connectivity index (χ0) is 24.0. The number of fused-ring (bicyclic) bond motifs is 2. The molecule has 0 spiro atoms. The fraction of sp³-hybridized carbons (Fsp3) is 0.346. The second-order valence-corrected chi connectivity index (χ2v) is 9.69. The Morgan fingerprint density at radius 2 is 1.91 bits per heavy atom. The van der Waals surface area contributed by atoms with E-state index in [4.69, 9.17) is 5.10 Å². The molecule has 1 saturated carbocycles. The highest BCUT2D eigenvalue weighted by Crippen LogP contribution is 2.36. The summed E-state index contributed by atoms with van der Waals surface area (Å²) in [4.78, 5) is 15.0. The Labute approximate surface area is 198 Å². The second kappa shape index (κ2) is 8.29. The number of carbonyl (C=O) groups excluding carboxylic acids is 1. The number of aliphatic hydroxyl groups is 1. The summed E-state index contributed by atoms with van der Waals surface area (Å²) in [5.41, 5.74) is 2.14. The monoisotopic (exact) mass is 459 g/mol. The molecule has 0 saturated heterocycles. The molecule has 2 aromatic carbocycles. The highest BCUT2D eigenvalue weighted by Gasteiger charge is 2.30. The van der Waals surface area contributed by atoms with Gasteiger partial charge in [0.05, 0.1) is 28.5 Å². The molecule has 2 heterocycles. The van der Waals surface area contributed by atoms with E-state index in [0.29, 0.717) is 15.9 Å². The molecular formula is C26H29N5O3. The van der Waals surface area contributed by atoms with E-state index in [1.165, 1.54) is 0 Å². The van der Waals surface area contributed by atoms with Crippen LogP contribution in [0, 0.1) is 5.21 Å². The quantitative estimate of drug-likeness (QED) is 0.355. The molecule has 2 aromatic heterocycles. The fourth-order valence-electron chi connectivity index (χ4n) is 4.76. The molecule has 0 unspecified atom stereocenters. The minimum atomic E-state index is -0.597. The number of para-hydroxylation sites is 1. The molecule has 0 aliphatic heterocycles. The van der Waals surface area contributed by atoms with E-state index < -0.39 is 11.5 Å². The number of benzene rings is 2. The summed E-state index contributed by atoms with van der Waals surface area (Å²) in [6, 6.07) is 14.6. The van der Waals surface area contributed by atoms with Crippen LogP contribution in [0.3, 0.4) is 0 Å². The van der Waals surface area contributed by atoms with Gasteiger partial charge in [0, 0.05) is 43.2 Å². The molecule has 0 bridgehead atoms. The number of anilines is 2. The topological polar surface area (TPSA) is 97.3 Å². The molecule has 1 amide bonds. The van der Waals surface area contributed by atoms with E-state index in [9.17, 15) is 15.1 Å². The Hall–Kier alpha value is -3.65. The van der Waals surface area contributed by atoms with Crippen molar-refractivity contribution in [2.45, 2.75) is 44.2 Å². The Kier molecular flexibility index (Phi) is 5.40. The summed E-state index contributed by atoms with van der Waals surface area (Å²) < 4.78 is 2.66. The first kappa shape index (κ1) is 22.2. The predicted octanol–water partition coefficient (Wildman–Crippen LogP) is 4.01. The predicted molar refractivity (Wildman–Crippen MR) is 133 cm³/mol. The van der Waals surface area contributed by atoms with Crippen molar-refractivity contribution in [3.8, 4) is 0 Å². The van der Waals surface area contributed by atoms with Gasteiger partial charge in [-0.2, -0.15) is 9.83 Å². The van der Waals surface area contributed by atoms with Crippen LogP contribution in [-0.2, 0) is 0 Å². The maximum atomic E-state index is 13.1. The van der Waals surface area contributed by atoms with Crippen LogP contribution in [0.2, 0.25) is 0 Å². The lowest BCUT2D eigenvalue weighted by Crippen LogP contribution is -2.37. The lowest BCUT2D eigenvalue weighted by atomic mass is 9.84. The Balaban J connectivity index is 1.47. The molecule has 0 atom stereocenters. The van der Waals surface area contributed by atoms with Crippen LogP contribution in [-0.4, -0.2) is 40.5 Å². The van der Waals surface area contributed by atoms with Crippen LogP contribution in [0.25, 0.3) is 21.8 Å². The number of nitrogens with zero attached hydrogens (tertiary/aromatic N) is 4. The molecule has 1 fully saturated rings. The maximum Gasteiger partial charge on any atom is 0.321 e. The molecule has 2 N–H and O–H groups in total. The summed E-state index contributed by atoms with van der Waals surface area (Å²) in [5.74, 6) is -0.467. The van der Waals surface area contributed by atoms with Crippen molar-refractivity contribution in [3.63, 3.8) is 0 Å². The molecule has 4 aromatic rings. The van der Waals surface area contributed by atoms with Crippen molar-refractivity contribution < 1.29 is 14.6 Å². The number of hydrogen-bond acceptors (Lipinski definition) is 5. The number of rotatable bonds is 4. The molecule has 0 radical (unpaired) electrons. The zero-order valence-electron chi connectivity index (χ0n) is 19.7. The lowest BCUT2D eigenvalue weighted by Gasteiger charge is -2.33. The van der Waals surface area contributed by atoms with Gasteiger partial charge < -0.3 is 20.5 Å². The number of hydrogen-bond donors (Lipinski definition) is 2. The number of carbonyl (C=O) groups is 1. The van der Waals surface area contributed by atoms with Crippen LogP contribution >= 0.6 is 0 Å². The largest absolute Gasteiger partial charge is 0.618 e. The van der Waals surface area contributed by atoms with Crippen LogP contribution in [0.5, 0.6) is 0 Å². The standard InChI is InChI=1S/C26H29N5O3/c1-26(33)12-10-19(11-13-26)30-16-18-14-21(24(29(2)3)15-20(18)28-30)27-25(32)23-9-8-17-6-4-5-7-22(17)31(23)34/h4-9,14-16,19,33H,10-13H2,1-3H3,(H,27,32). The number of pyridine rings is 1. The Morgan fingerprint density at radius 1 is 1.18 bits per heavy atom. The van der Waals surface area contributed by atoms with Crippen molar-refractivity contribution in [3.05, 3.63) is 65.6 Å². The van der Waals surface area contributed by atoms with Gasteiger partial charge in [-0.25, -0.2) is 0 Å². The normalized spacial score (nSPS) is 20.5. The van der Waals surface area contributed by atoms with Crippen molar-refractivity contribution in [2.24, 2.45) is 0 Å². The fourth-order valence-corrected chi connectivity index (χ4v) is 4.76. The van der Waals surface area contributed by atoms with E-state index in [1.54, 1.807) is 24.3 Å². The zero-order valence-corrected chi connectivity index (χ0v) is 19.7. The summed E-state index contributed by atoms with van der Waals surface area (Å²) in [6.07, 6.45) is 5.24. The maximum absolute atomic E-state index is 13.1. The third-order valence-corrected chi connectivity index (χ3v) is 6.80. The van der Waals surface area contributed by atoms with Gasteiger partial charge >= 0.3 is 5.91 Å². The van der Waals surface area contributed by atoms with Crippen molar-refractivity contribution >= 4 is 39.1 Å². The molecule has 176 valence electrons. The minimum Gasteiger partial charge on any atom is -0.618 e. The first-order valence-corrected chi connectivity index (χ1v) is 11.6. The van der Waals surface area contributed by atoms with E-state index in [1.807, 2.05) is 61.1 Å². The van der Waals surface area contributed by atoms with Gasteiger partial charge in [0.25, 0.3) is 5.69 Å². The molecule has 8 heteroatoms. The van der Waals surface area contributed by atoms with Gasteiger partial charge in [0.1, 0.15) is 0 Å². The van der Waals surface area contributed by atoms with Crippen LogP contribution in [0.15, 0.2) is 54.7 Å². The van der Waals surface area contributed by atoms with Gasteiger partial charge in [0.2, 0.25) is 5.52 Å². The summed E-state index contributed by atoms with van der Waals surface area (Å²) >= 11 is 0. The highest BCUT2D eigenvalue weighted by atomic mass is 16.5. The van der Waals surface area contributed by atoms with E-state index in [0.717, 1.165) is 47.7 Å². The van der Waals surface area contributed by atoms with Crippen molar-refractivity contribution in [2.75, 3.05) is 24.3 Å². The van der Waals surface area contributed by atoms with Crippen molar-refractivity contribution in [1.82, 2.24) is 9.78 Å². The first-order valence-electron chi connectivity index (χ1n) is 11.6. The van der Waals surface area contributed by atoms with Gasteiger partial charge in [-0.05, 0) is 56.9 Å². The summed E-state index contributed by atoms with van der Waals surface area (Å²) in [6.45, 7) is 1.89. The average Bonchev–Trinajstić information content (AvgIpc) is 3.21. The summed E-state index contributed by atoms with van der Waals surface area (Å²) in [7, 11) is 3.81. The molecule has 1 aliphatic rings. The van der Waals surface area contributed by atoms with E-state index in [-0.39, 0.29) is 11.7 Å². The first-order chi connectivity index (χ1) is 16.2. The van der Waals surface area contributed by atoms with Gasteiger partial charge in [-0.1, -0.05) is 12.1 Å². The molecule has 5 rings (SSSR count). The third kappa shape index (κ3) is 4.05. The van der Waals surface area contributed by atoms with E-state index in [2.05, 4.69) is 5.32 Å². The number of nitrogens with one attached hydrogen (secondary N) is 1. The molecule has 1 aliphatic carbocycles. The average molecular weight is 460 g/mol. The molecular weight excluding hydrogens is 430 g/mol. The van der Waals surface area contributed by atoms with Crippen LogP contribution in [0.4, 0.5) is 11.4 Å².